The van der Waals surface area contributed by atoms with Gasteiger partial charge in [-0.3, -0.25) is 10.0 Å². The van der Waals surface area contributed by atoms with Crippen molar-refractivity contribution >= 4 is 109 Å². The summed E-state index contributed by atoms with van der Waals surface area (Å²) in [7, 11) is -3.43. The zero-order chi connectivity index (χ0) is 71.3. The molecule has 15 rings (SSSR count). The van der Waals surface area contributed by atoms with Gasteiger partial charge in [-0.1, -0.05) is 71.2 Å². The number of nitrogens with zero attached hydrogens (tertiary/aromatic N) is 14. The second kappa shape index (κ2) is 32.6. The van der Waals surface area contributed by atoms with Crippen LogP contribution in [0.2, 0.25) is 15.1 Å². The summed E-state index contributed by atoms with van der Waals surface area (Å²) in [5, 5.41) is 13.7. The average molecular weight is 1460 g/mol. The quantitative estimate of drug-likeness (QED) is 0.0551. The van der Waals surface area contributed by atoms with Crippen molar-refractivity contribution in [1.82, 2.24) is 55.4 Å². The number of hydrogen-bond acceptors (Lipinski definition) is 26. The summed E-state index contributed by atoms with van der Waals surface area (Å²) < 4.78 is 50.0. The number of hydrogen-bond donors (Lipinski definition) is 3. The third kappa shape index (κ3) is 17.1. The van der Waals surface area contributed by atoms with Gasteiger partial charge in [0, 0.05) is 137 Å². The highest BCUT2D eigenvalue weighted by Crippen LogP contribution is 2.42. The normalized spacial score (nSPS) is 14.9. The Bertz CT molecular complexity index is 4750. The fraction of sp³-hybridized carbons (Fsp3) is 0.239. The first-order valence-corrected chi connectivity index (χ1v) is 35.4. The van der Waals surface area contributed by atoms with E-state index in [4.69, 9.17) is 73.9 Å². The fourth-order valence-electron chi connectivity index (χ4n) is 11.2. The topological polar surface area (TPSA) is 306 Å². The summed E-state index contributed by atoms with van der Waals surface area (Å²) in [6, 6.07) is 40.1. The first-order valence-electron chi connectivity index (χ1n) is 32.4. The van der Waals surface area contributed by atoms with Gasteiger partial charge in [-0.05, 0) is 105 Å². The Hall–Kier alpha value is -10.9. The number of hydroxylamine groups is 1. The van der Waals surface area contributed by atoms with Crippen LogP contribution in [0.3, 0.4) is 0 Å². The Balaban J connectivity index is 0.000000133. The van der Waals surface area contributed by atoms with Crippen molar-refractivity contribution in [1.29, 1.82) is 0 Å². The summed E-state index contributed by atoms with van der Waals surface area (Å²) in [6.07, 6.45) is 9.04. The number of amidine groups is 3. The standard InChI is InChI=1S/C24H22ClN5O3.C22H19ClN6O3.C17H16ClN3O.C8H10N2O4S/c1-2-32-23(31)16-14-26-24(27-15-16)30-11-9-29(10-12-30)22-18-13-17(25)7-8-20(18)33-21-6-4-3-5-19(21)28-22;23-15-5-6-18-16(11-15)20(26-17-3-1-2-4-19(17)32-18)28-7-9-29(10-8-28)22-24-12-14(13-25-22)21(30)27-31;18-12-5-6-15-13(11-12)17(21-9-7-19-8-10-21)20-14-3-1-2-4-16(14)22-15;1-3-14-7(11)6-4-9-8(10-5-6)15(2,12)13/h3-8,13-15H,2,9-12H2,1H3;1-6,11-13,31H,7-10H2,(H,27,30);1-6,11,19H,7-10H2;4-5H,3H2,1-2H3. The van der Waals surface area contributed by atoms with Crippen LogP contribution in [0.15, 0.2) is 185 Å². The first kappa shape index (κ1) is 71.0. The number of aliphatic imine (C=N–C) groups is 3. The molecule has 0 radical (unpaired) electrons. The van der Waals surface area contributed by atoms with Crippen molar-refractivity contribution in [2.45, 2.75) is 19.0 Å². The molecule has 27 nitrogen and oxygen atoms in total. The number of piperazine rings is 3. The predicted octanol–water partition coefficient (Wildman–Crippen LogP) is 11.1. The first-order chi connectivity index (χ1) is 49.5. The van der Waals surface area contributed by atoms with E-state index in [1.165, 1.54) is 24.8 Å². The lowest BCUT2D eigenvalue weighted by Crippen LogP contribution is -2.49. The second-order valence-corrected chi connectivity index (χ2v) is 26.3. The van der Waals surface area contributed by atoms with E-state index in [0.717, 1.165) is 126 Å². The molecule has 0 bridgehead atoms. The van der Waals surface area contributed by atoms with Crippen LogP contribution in [-0.4, -0.2) is 192 Å². The van der Waals surface area contributed by atoms with Crippen LogP contribution >= 0.6 is 34.8 Å². The number of sulfone groups is 1. The minimum Gasteiger partial charge on any atom is -0.462 e. The third-order valence-corrected chi connectivity index (χ3v) is 17.8. The molecular weight excluding hydrogens is 1390 g/mol. The van der Waals surface area contributed by atoms with E-state index < -0.39 is 27.7 Å². The Kier molecular flexibility index (Phi) is 22.7. The van der Waals surface area contributed by atoms with Gasteiger partial charge >= 0.3 is 11.9 Å². The smallest absolute Gasteiger partial charge is 0.341 e. The zero-order valence-corrected chi connectivity index (χ0v) is 58.4. The predicted molar refractivity (Wildman–Crippen MR) is 385 cm³/mol. The van der Waals surface area contributed by atoms with E-state index in [9.17, 15) is 22.8 Å². The Morgan fingerprint density at radius 3 is 1.13 bits per heavy atom. The maximum atomic E-state index is 11.8. The van der Waals surface area contributed by atoms with Gasteiger partial charge in [0.2, 0.25) is 26.9 Å². The Morgan fingerprint density at radius 2 is 0.784 bits per heavy atom. The molecule has 102 heavy (non-hydrogen) atoms. The van der Waals surface area contributed by atoms with Crippen LogP contribution < -0.4 is 34.8 Å². The lowest BCUT2D eigenvalue weighted by molar-refractivity contribution is 0.0515. The van der Waals surface area contributed by atoms with Crippen molar-refractivity contribution in [2.75, 3.05) is 108 Å². The highest BCUT2D eigenvalue weighted by Gasteiger charge is 2.31. The van der Waals surface area contributed by atoms with Crippen molar-refractivity contribution in [3.8, 4) is 34.5 Å². The van der Waals surface area contributed by atoms with Gasteiger partial charge in [0.05, 0.1) is 46.6 Å². The van der Waals surface area contributed by atoms with Crippen molar-refractivity contribution in [3.05, 3.63) is 213 Å². The molecule has 31 heteroatoms. The zero-order valence-electron chi connectivity index (χ0n) is 55.3. The van der Waals surface area contributed by atoms with Crippen LogP contribution in [0.5, 0.6) is 34.5 Å². The molecule has 0 unspecified atom stereocenters. The van der Waals surface area contributed by atoms with Gasteiger partial charge in [0.15, 0.2) is 17.2 Å². The number of ether oxygens (including phenoxy) is 5. The molecule has 3 fully saturated rings. The maximum absolute atomic E-state index is 11.8. The van der Waals surface area contributed by atoms with E-state index in [2.05, 4.69) is 59.6 Å². The number of amides is 1. The highest BCUT2D eigenvalue weighted by molar-refractivity contribution is 7.90. The lowest BCUT2D eigenvalue weighted by atomic mass is 10.1. The van der Waals surface area contributed by atoms with Crippen LogP contribution in [0, 0.1) is 0 Å². The molecule has 524 valence electrons. The number of halogens is 3. The van der Waals surface area contributed by atoms with Gasteiger partial charge in [-0.15, -0.1) is 0 Å². The molecule has 6 aliphatic heterocycles. The second-order valence-electron chi connectivity index (χ2n) is 23.1. The van der Waals surface area contributed by atoms with Gasteiger partial charge in [-0.25, -0.2) is 68.4 Å². The van der Waals surface area contributed by atoms with Gasteiger partial charge in [0.25, 0.3) is 5.91 Å². The fourth-order valence-corrected chi connectivity index (χ4v) is 12.2. The average Bonchev–Trinajstić information content (AvgIpc) is 1.62. The van der Waals surface area contributed by atoms with Crippen molar-refractivity contribution in [2.24, 2.45) is 15.0 Å². The number of para-hydroxylation sites is 6. The number of esters is 2. The Labute approximate surface area is 602 Å². The maximum Gasteiger partial charge on any atom is 0.341 e. The number of rotatable bonds is 8. The molecule has 0 spiro atoms. The Morgan fingerprint density at radius 1 is 0.461 bits per heavy atom. The minimum absolute atomic E-state index is 0.129. The molecule has 0 saturated carbocycles. The van der Waals surface area contributed by atoms with Gasteiger partial charge in [-0.2, -0.15) is 0 Å². The summed E-state index contributed by atoms with van der Waals surface area (Å²) >= 11 is 18.8. The summed E-state index contributed by atoms with van der Waals surface area (Å²) in [5.74, 6) is 6.47. The van der Waals surface area contributed by atoms with E-state index >= 15 is 0 Å². The van der Waals surface area contributed by atoms with Gasteiger partial charge in [0.1, 0.15) is 51.8 Å². The molecule has 3 N–H and O–H groups in total. The summed E-state index contributed by atoms with van der Waals surface area (Å²) in [5.41, 5.74) is 7.29. The van der Waals surface area contributed by atoms with E-state index in [-0.39, 0.29) is 22.9 Å². The van der Waals surface area contributed by atoms with Crippen LogP contribution in [0.4, 0.5) is 29.0 Å². The number of aromatic nitrogens is 6. The van der Waals surface area contributed by atoms with Crippen molar-refractivity contribution < 1.29 is 51.7 Å². The molecule has 9 heterocycles. The molecular formula is C71H67Cl3N16O11S. The largest absolute Gasteiger partial charge is 0.462 e. The monoisotopic (exact) mass is 1460 g/mol. The summed E-state index contributed by atoms with van der Waals surface area (Å²) in [4.78, 5) is 84.4. The van der Waals surface area contributed by atoms with Crippen LogP contribution in [0.1, 0.15) is 61.6 Å². The minimum atomic E-state index is -3.43. The highest BCUT2D eigenvalue weighted by atomic mass is 35.5. The lowest BCUT2D eigenvalue weighted by Gasteiger charge is -2.36. The van der Waals surface area contributed by atoms with Gasteiger partial charge < -0.3 is 53.5 Å². The van der Waals surface area contributed by atoms with Crippen molar-refractivity contribution in [3.63, 3.8) is 0 Å². The number of nitrogens with one attached hydrogen (secondary N) is 2. The SMILES string of the molecule is CCOC(=O)c1cnc(N2CCN(C3=Nc4ccccc4Oc4ccc(Cl)cc43)CC2)nc1.CCOC(=O)c1cnc(S(C)(=O)=O)nc1.Clc1ccc2c(c1)C(N1CCNCC1)=Nc1ccccc1O2.O=C(NO)c1cnc(N2CCN(C3=Nc4ccccc4Oc4ccc(Cl)cc43)CC2)nc1. The number of carbonyl (C=O) groups excluding carboxylic acids is 3. The number of benzene rings is 6. The molecule has 6 aromatic carbocycles. The summed E-state index contributed by atoms with van der Waals surface area (Å²) in [6.45, 7) is 13.3. The number of carbonyl (C=O) groups is 3. The van der Waals surface area contributed by atoms with E-state index in [1.807, 2.05) is 132 Å². The van der Waals surface area contributed by atoms with Crippen LogP contribution in [-0.2, 0) is 19.3 Å². The number of fused-ring (bicyclic) bond motifs is 6. The van der Waals surface area contributed by atoms with E-state index in [0.29, 0.717) is 95.7 Å². The molecule has 6 aliphatic rings. The molecule has 3 saturated heterocycles. The molecule has 0 atom stereocenters. The van der Waals surface area contributed by atoms with E-state index in [1.54, 1.807) is 19.3 Å². The third-order valence-electron chi connectivity index (χ3n) is 16.2. The molecule has 1 amide bonds. The molecule has 0 aliphatic carbocycles. The van der Waals surface area contributed by atoms with Crippen LogP contribution in [0.25, 0.3) is 0 Å². The molecule has 9 aromatic rings. The molecule has 3 aromatic heterocycles. The number of anilines is 2.